The van der Waals surface area contributed by atoms with E-state index in [4.69, 9.17) is 11.6 Å². The van der Waals surface area contributed by atoms with Gasteiger partial charge in [0, 0.05) is 93.9 Å². The fourth-order valence-corrected chi connectivity index (χ4v) is 8.53. The summed E-state index contributed by atoms with van der Waals surface area (Å²) in [6, 6.07) is 8.00. The first-order valence-electron chi connectivity index (χ1n) is 14.2. The molecular weight excluding hydrogens is 654 g/mol. The van der Waals surface area contributed by atoms with Gasteiger partial charge in [0.05, 0.1) is 12.1 Å². The van der Waals surface area contributed by atoms with Crippen LogP contribution in [0.3, 0.4) is 0 Å². The van der Waals surface area contributed by atoms with Crippen molar-refractivity contribution in [3.8, 4) is 11.1 Å². The monoisotopic (exact) mass is 685 g/mol. The van der Waals surface area contributed by atoms with Crippen molar-refractivity contribution >= 4 is 60.8 Å². The minimum atomic E-state index is -4.10. The molecule has 0 radical (unpaired) electrons. The molecule has 242 valence electrons. The summed E-state index contributed by atoms with van der Waals surface area (Å²) in [7, 11) is 2.18. The van der Waals surface area contributed by atoms with Gasteiger partial charge in [0.2, 0.25) is 17.6 Å². The van der Waals surface area contributed by atoms with Gasteiger partial charge in [0.15, 0.2) is 12.4 Å². The fraction of sp³-hybridized carbons (Fsp3) is 0.333. The molecule has 16 heteroatoms. The van der Waals surface area contributed by atoms with E-state index in [1.165, 1.54) is 43.8 Å². The van der Waals surface area contributed by atoms with Crippen molar-refractivity contribution in [1.29, 1.82) is 0 Å². The van der Waals surface area contributed by atoms with Gasteiger partial charge in [0.1, 0.15) is 4.21 Å². The average molecular weight is 686 g/mol. The van der Waals surface area contributed by atoms with Crippen molar-refractivity contribution in [1.82, 2.24) is 29.0 Å². The summed E-state index contributed by atoms with van der Waals surface area (Å²) in [5, 5.41) is 12.6. The van der Waals surface area contributed by atoms with E-state index in [2.05, 4.69) is 9.97 Å². The van der Waals surface area contributed by atoms with Gasteiger partial charge in [-0.1, -0.05) is 17.7 Å². The lowest BCUT2D eigenvalue weighted by Gasteiger charge is -2.45. The maximum Gasteiger partial charge on any atom is 0.292 e. The first kappa shape index (κ1) is 33.2. The van der Waals surface area contributed by atoms with Gasteiger partial charge in [0.25, 0.3) is 15.9 Å². The van der Waals surface area contributed by atoms with Gasteiger partial charge in [-0.05, 0) is 29.1 Å². The van der Waals surface area contributed by atoms with Crippen LogP contribution in [-0.4, -0.2) is 108 Å². The molecule has 0 spiro atoms. The smallest absolute Gasteiger partial charge is 0.292 e. The molecule has 1 aromatic carbocycles. The molecule has 2 atom stereocenters. The van der Waals surface area contributed by atoms with Crippen molar-refractivity contribution in [2.75, 3.05) is 41.3 Å². The standard InChI is InChI=1S/C30H32ClN7O6S2/c1-34(2)26(39)13-23-17-37(46(43,44)28-11-20-5-6-22(31)12-25(20)45-28)18-24(14-27(40)35(3)4)38(23)30(41)29-32-15-21(16-33-29)19-7-9-36(42)10-8-19/h5-12,15-16,23-24H,13-14,17-18H2,1-4H3/t23-,24+. The molecule has 0 bridgehead atoms. The maximum absolute atomic E-state index is 14.1. The average Bonchev–Trinajstić information content (AvgIpc) is 3.45. The Morgan fingerprint density at radius 3 is 2.04 bits per heavy atom. The van der Waals surface area contributed by atoms with Crippen LogP contribution in [0.1, 0.15) is 23.5 Å². The molecule has 0 unspecified atom stereocenters. The summed E-state index contributed by atoms with van der Waals surface area (Å²) < 4.78 is 30.8. The van der Waals surface area contributed by atoms with Crippen molar-refractivity contribution in [3.05, 3.63) is 77.2 Å². The van der Waals surface area contributed by atoms with Crippen LogP contribution >= 0.6 is 22.9 Å². The summed E-state index contributed by atoms with van der Waals surface area (Å²) in [4.78, 5) is 52.9. The van der Waals surface area contributed by atoms with Crippen LogP contribution in [-0.2, 0) is 19.6 Å². The Morgan fingerprint density at radius 2 is 1.50 bits per heavy atom. The molecular formula is C30H32ClN7O6S2. The molecule has 5 rings (SSSR count). The number of fused-ring (bicyclic) bond motifs is 1. The normalized spacial score (nSPS) is 17.2. The van der Waals surface area contributed by atoms with E-state index in [1.54, 1.807) is 64.6 Å². The molecule has 46 heavy (non-hydrogen) atoms. The zero-order valence-electron chi connectivity index (χ0n) is 25.5. The second-order valence-electron chi connectivity index (χ2n) is 11.3. The lowest BCUT2D eigenvalue weighted by molar-refractivity contribution is -0.605. The highest BCUT2D eigenvalue weighted by Crippen LogP contribution is 2.35. The molecule has 4 heterocycles. The van der Waals surface area contributed by atoms with Crippen molar-refractivity contribution in [3.63, 3.8) is 0 Å². The Hall–Kier alpha value is -4.18. The van der Waals surface area contributed by atoms with Crippen LogP contribution in [0.25, 0.3) is 21.2 Å². The van der Waals surface area contributed by atoms with E-state index in [9.17, 15) is 28.0 Å². The molecule has 3 amide bonds. The number of nitrogens with zero attached hydrogens (tertiary/aromatic N) is 7. The minimum absolute atomic E-state index is 0.0854. The fourth-order valence-electron chi connectivity index (χ4n) is 5.18. The minimum Gasteiger partial charge on any atom is -0.619 e. The first-order chi connectivity index (χ1) is 21.7. The summed E-state index contributed by atoms with van der Waals surface area (Å²) in [6.07, 6.45) is 5.15. The number of carbonyl (C=O) groups excluding carboxylic acids is 3. The topological polar surface area (TPSA) is 151 Å². The number of piperazine rings is 1. The van der Waals surface area contributed by atoms with E-state index >= 15 is 0 Å². The van der Waals surface area contributed by atoms with Gasteiger partial charge in [-0.25, -0.2) is 18.4 Å². The molecule has 0 N–H and O–H groups in total. The molecule has 13 nitrogen and oxygen atoms in total. The van der Waals surface area contributed by atoms with Crippen LogP contribution in [0, 0.1) is 5.21 Å². The summed E-state index contributed by atoms with van der Waals surface area (Å²) in [5.74, 6) is -1.47. The number of hydrogen-bond acceptors (Lipinski definition) is 9. The number of rotatable bonds is 8. The van der Waals surface area contributed by atoms with Crippen molar-refractivity contribution in [2.24, 2.45) is 0 Å². The Kier molecular flexibility index (Phi) is 9.58. The predicted molar refractivity (Wildman–Crippen MR) is 172 cm³/mol. The third-order valence-electron chi connectivity index (χ3n) is 7.70. The van der Waals surface area contributed by atoms with E-state index in [0.29, 0.717) is 31.0 Å². The van der Waals surface area contributed by atoms with Crippen molar-refractivity contribution < 1.29 is 27.5 Å². The number of sulfonamides is 1. The number of aromatic nitrogens is 3. The zero-order chi connectivity index (χ0) is 33.3. The number of carbonyl (C=O) groups is 3. The third-order valence-corrected chi connectivity index (χ3v) is 11.3. The molecule has 3 aromatic heterocycles. The van der Waals surface area contributed by atoms with Crippen LogP contribution in [0.5, 0.6) is 0 Å². The second-order valence-corrected chi connectivity index (χ2v) is 15.0. The highest BCUT2D eigenvalue weighted by Gasteiger charge is 2.45. The van der Waals surface area contributed by atoms with Gasteiger partial charge in [-0.3, -0.25) is 14.4 Å². The summed E-state index contributed by atoms with van der Waals surface area (Å²) in [5.41, 5.74) is 1.23. The molecule has 1 aliphatic heterocycles. The van der Waals surface area contributed by atoms with Crippen molar-refractivity contribution in [2.45, 2.75) is 29.1 Å². The Morgan fingerprint density at radius 1 is 0.935 bits per heavy atom. The largest absolute Gasteiger partial charge is 0.619 e. The zero-order valence-corrected chi connectivity index (χ0v) is 27.9. The van der Waals surface area contributed by atoms with Gasteiger partial charge < -0.3 is 19.9 Å². The molecule has 1 saturated heterocycles. The van der Waals surface area contributed by atoms with Gasteiger partial charge in [-0.2, -0.15) is 9.04 Å². The molecule has 0 aliphatic carbocycles. The highest BCUT2D eigenvalue weighted by molar-refractivity contribution is 7.91. The highest BCUT2D eigenvalue weighted by atomic mass is 35.5. The summed E-state index contributed by atoms with van der Waals surface area (Å²) in [6.45, 7) is -0.376. The van der Waals surface area contributed by atoms with E-state index < -0.39 is 28.0 Å². The molecule has 1 fully saturated rings. The third kappa shape index (κ3) is 6.97. The first-order valence-corrected chi connectivity index (χ1v) is 16.8. The number of thiophene rings is 1. The number of amides is 3. The molecule has 4 aromatic rings. The number of hydrogen-bond donors (Lipinski definition) is 0. The van der Waals surface area contributed by atoms with Crippen LogP contribution in [0.4, 0.5) is 0 Å². The van der Waals surface area contributed by atoms with Crippen LogP contribution in [0.2, 0.25) is 5.02 Å². The lowest BCUT2D eigenvalue weighted by atomic mass is 10.0. The predicted octanol–water partition coefficient (Wildman–Crippen LogP) is 2.49. The lowest BCUT2D eigenvalue weighted by Crippen LogP contribution is -2.63. The van der Waals surface area contributed by atoms with Crippen LogP contribution in [0.15, 0.2) is 65.4 Å². The molecule has 1 aliphatic rings. The Bertz CT molecular complexity index is 1850. The Labute approximate surface area is 275 Å². The second kappa shape index (κ2) is 13.3. The van der Waals surface area contributed by atoms with E-state index in [-0.39, 0.29) is 47.8 Å². The van der Waals surface area contributed by atoms with Gasteiger partial charge in [-0.15, -0.1) is 11.3 Å². The van der Waals surface area contributed by atoms with E-state index in [1.807, 2.05) is 0 Å². The van der Waals surface area contributed by atoms with E-state index in [0.717, 1.165) is 11.3 Å². The van der Waals surface area contributed by atoms with Crippen LogP contribution < -0.4 is 4.73 Å². The summed E-state index contributed by atoms with van der Waals surface area (Å²) >= 11 is 7.21. The maximum atomic E-state index is 14.1. The SMILES string of the molecule is CN(C)C(=O)C[C@@H]1CN(S(=O)(=O)c2cc3ccc(Cl)cc3s2)C[C@H](CC(=O)N(C)C)N1C(=O)c1ncc(-c2cc[n+]([O-])cc2)cn1. The quantitative estimate of drug-likeness (QED) is 0.203. The Balaban J connectivity index is 1.53. The van der Waals surface area contributed by atoms with Gasteiger partial charge >= 0.3 is 0 Å². The molecule has 0 saturated carbocycles. The number of pyridine rings is 1. The number of benzene rings is 1. The number of halogens is 1.